The van der Waals surface area contributed by atoms with E-state index < -0.39 is 11.7 Å². The van der Waals surface area contributed by atoms with E-state index in [0.29, 0.717) is 17.2 Å². The fourth-order valence-corrected chi connectivity index (χ4v) is 2.93. The molecule has 2 N–H and O–H groups in total. The minimum atomic E-state index is -4.34. The number of alkyl halides is 3. The Balaban J connectivity index is 2.18. The van der Waals surface area contributed by atoms with Crippen LogP contribution < -0.4 is 5.73 Å². The highest BCUT2D eigenvalue weighted by molar-refractivity contribution is 6.09. The SMILES string of the molecule is C=CC1CCN(/C(C)=C/C(=N\CN)c2ccc(C(F)(F)F)cc2)CC1. The van der Waals surface area contributed by atoms with Gasteiger partial charge in [0.15, 0.2) is 0 Å². The van der Waals surface area contributed by atoms with Crippen molar-refractivity contribution in [3.8, 4) is 0 Å². The molecule has 1 aromatic rings. The van der Waals surface area contributed by atoms with E-state index in [0.717, 1.165) is 43.8 Å². The van der Waals surface area contributed by atoms with Gasteiger partial charge in [0.2, 0.25) is 0 Å². The average Bonchev–Trinajstić information content (AvgIpc) is 2.60. The molecule has 1 aliphatic rings. The molecule has 3 nitrogen and oxygen atoms in total. The molecular weight excluding hydrogens is 327 g/mol. The van der Waals surface area contributed by atoms with E-state index in [-0.39, 0.29) is 6.67 Å². The number of halogens is 3. The van der Waals surface area contributed by atoms with Crippen molar-refractivity contribution < 1.29 is 13.2 Å². The summed E-state index contributed by atoms with van der Waals surface area (Å²) in [5, 5.41) is 0. The van der Waals surface area contributed by atoms with Crippen LogP contribution in [0, 0.1) is 5.92 Å². The highest BCUT2D eigenvalue weighted by Gasteiger charge is 2.30. The second-order valence-electron chi connectivity index (χ2n) is 6.15. The topological polar surface area (TPSA) is 41.6 Å². The maximum Gasteiger partial charge on any atom is 0.416 e. The fourth-order valence-electron chi connectivity index (χ4n) is 2.93. The molecular formula is C19H24F3N3. The molecule has 1 fully saturated rings. The molecule has 0 atom stereocenters. The molecule has 1 heterocycles. The standard InChI is InChI=1S/C19H24F3N3/c1-3-15-8-10-25(11-9-15)14(2)12-18(24-13-23)16-4-6-17(7-5-16)19(20,21)22/h3-7,12,15H,1,8-11,13,23H2,2H3/b14-12+,24-18+. The molecule has 25 heavy (non-hydrogen) atoms. The van der Waals surface area contributed by atoms with Crippen molar-refractivity contribution in [2.45, 2.75) is 25.9 Å². The second-order valence-corrected chi connectivity index (χ2v) is 6.15. The molecule has 0 radical (unpaired) electrons. The van der Waals surface area contributed by atoms with Gasteiger partial charge in [-0.15, -0.1) is 6.58 Å². The van der Waals surface area contributed by atoms with Gasteiger partial charge in [0.25, 0.3) is 0 Å². The molecule has 0 spiro atoms. The van der Waals surface area contributed by atoms with Gasteiger partial charge in [-0.1, -0.05) is 18.2 Å². The molecule has 0 unspecified atom stereocenters. The maximum absolute atomic E-state index is 12.7. The van der Waals surface area contributed by atoms with Crippen molar-refractivity contribution in [3.63, 3.8) is 0 Å². The van der Waals surface area contributed by atoms with E-state index in [1.54, 1.807) is 0 Å². The van der Waals surface area contributed by atoms with Gasteiger partial charge in [0, 0.05) is 18.8 Å². The van der Waals surface area contributed by atoms with Crippen molar-refractivity contribution >= 4 is 5.71 Å². The summed E-state index contributed by atoms with van der Waals surface area (Å²) in [4.78, 5) is 6.51. The monoisotopic (exact) mass is 351 g/mol. The fraction of sp³-hybridized carbons (Fsp3) is 0.421. The van der Waals surface area contributed by atoms with Gasteiger partial charge in [-0.05, 0) is 49.5 Å². The van der Waals surface area contributed by atoms with Crippen molar-refractivity contribution in [1.29, 1.82) is 0 Å². The summed E-state index contributed by atoms with van der Waals surface area (Å²) in [6.07, 6.45) is 1.66. The summed E-state index contributed by atoms with van der Waals surface area (Å²) in [7, 11) is 0. The van der Waals surface area contributed by atoms with Gasteiger partial charge in [-0.25, -0.2) is 0 Å². The summed E-state index contributed by atoms with van der Waals surface area (Å²) in [6, 6.07) is 5.01. The summed E-state index contributed by atoms with van der Waals surface area (Å²) in [5.74, 6) is 0.552. The maximum atomic E-state index is 12.7. The molecule has 136 valence electrons. The van der Waals surface area contributed by atoms with Crippen molar-refractivity contribution in [2.75, 3.05) is 19.8 Å². The van der Waals surface area contributed by atoms with Gasteiger partial charge in [-0.2, -0.15) is 13.2 Å². The Labute approximate surface area is 146 Å². The molecule has 1 aromatic carbocycles. The zero-order valence-electron chi connectivity index (χ0n) is 14.4. The van der Waals surface area contributed by atoms with E-state index in [2.05, 4.69) is 16.5 Å². The van der Waals surface area contributed by atoms with Crippen LogP contribution in [0.15, 0.2) is 53.7 Å². The molecule has 6 heteroatoms. The molecule has 2 rings (SSSR count). The predicted octanol–water partition coefficient (Wildman–Crippen LogP) is 4.21. The second kappa shape index (κ2) is 8.34. The van der Waals surface area contributed by atoms with Gasteiger partial charge in [0.05, 0.1) is 17.9 Å². The van der Waals surface area contributed by atoms with E-state index in [4.69, 9.17) is 5.73 Å². The summed E-state index contributed by atoms with van der Waals surface area (Å²) < 4.78 is 38.1. The third-order valence-electron chi connectivity index (χ3n) is 4.49. The third-order valence-corrected chi connectivity index (χ3v) is 4.49. The molecule has 1 aliphatic heterocycles. The van der Waals surface area contributed by atoms with Gasteiger partial charge >= 0.3 is 6.18 Å². The Morgan fingerprint density at radius 1 is 1.28 bits per heavy atom. The first-order valence-corrected chi connectivity index (χ1v) is 8.33. The van der Waals surface area contributed by atoms with Crippen molar-refractivity contribution in [3.05, 3.63) is 59.8 Å². The Morgan fingerprint density at radius 3 is 2.36 bits per heavy atom. The summed E-state index contributed by atoms with van der Waals surface area (Å²) >= 11 is 0. The first kappa shape index (κ1) is 19.2. The Bertz CT molecular complexity index is 637. The number of nitrogens with zero attached hydrogens (tertiary/aromatic N) is 2. The number of hydrogen-bond acceptors (Lipinski definition) is 3. The van der Waals surface area contributed by atoms with E-state index >= 15 is 0 Å². The first-order chi connectivity index (χ1) is 11.8. The highest BCUT2D eigenvalue weighted by Crippen LogP contribution is 2.29. The Kier molecular flexibility index (Phi) is 6.42. The summed E-state index contributed by atoms with van der Waals surface area (Å²) in [5.41, 5.74) is 7.12. The average molecular weight is 351 g/mol. The number of nitrogens with two attached hydrogens (primary N) is 1. The van der Waals surface area contributed by atoms with Gasteiger partial charge in [-0.3, -0.25) is 4.99 Å². The van der Waals surface area contributed by atoms with Crippen LogP contribution in [0.5, 0.6) is 0 Å². The quantitative estimate of drug-likeness (QED) is 0.638. The molecule has 1 saturated heterocycles. The van der Waals surface area contributed by atoms with Gasteiger partial charge < -0.3 is 10.6 Å². The van der Waals surface area contributed by atoms with Crippen LogP contribution in [0.1, 0.15) is 30.9 Å². The molecule has 0 aliphatic carbocycles. The smallest absolute Gasteiger partial charge is 0.375 e. The number of benzene rings is 1. The Morgan fingerprint density at radius 2 is 1.88 bits per heavy atom. The summed E-state index contributed by atoms with van der Waals surface area (Å²) in [6.45, 7) is 7.78. The van der Waals surface area contributed by atoms with Crippen LogP contribution in [-0.2, 0) is 6.18 Å². The van der Waals surface area contributed by atoms with Crippen LogP contribution in [0.3, 0.4) is 0 Å². The number of aliphatic imine (C=N–C) groups is 1. The van der Waals surface area contributed by atoms with Crippen molar-refractivity contribution in [1.82, 2.24) is 4.90 Å². The minimum Gasteiger partial charge on any atom is -0.375 e. The molecule has 0 bridgehead atoms. The van der Waals surface area contributed by atoms with Crippen LogP contribution in [0.2, 0.25) is 0 Å². The van der Waals surface area contributed by atoms with Crippen LogP contribution in [0.25, 0.3) is 0 Å². The lowest BCUT2D eigenvalue weighted by atomic mass is 9.96. The van der Waals surface area contributed by atoms with Crippen molar-refractivity contribution in [2.24, 2.45) is 16.6 Å². The number of likely N-dealkylation sites (tertiary alicyclic amines) is 1. The van der Waals surface area contributed by atoms with Crippen LogP contribution >= 0.6 is 0 Å². The molecule has 0 aromatic heterocycles. The van der Waals surface area contributed by atoms with Gasteiger partial charge in [0.1, 0.15) is 0 Å². The lowest BCUT2D eigenvalue weighted by Gasteiger charge is -2.33. The minimum absolute atomic E-state index is 0.0820. The zero-order valence-corrected chi connectivity index (χ0v) is 14.4. The van der Waals surface area contributed by atoms with Crippen LogP contribution in [0.4, 0.5) is 13.2 Å². The number of rotatable bonds is 5. The first-order valence-electron chi connectivity index (χ1n) is 8.33. The van der Waals surface area contributed by atoms with E-state index in [1.807, 2.05) is 19.1 Å². The Hall–Kier alpha value is -2.08. The third kappa shape index (κ3) is 5.19. The molecule has 0 amide bonds. The number of allylic oxidation sites excluding steroid dienone is 3. The van der Waals surface area contributed by atoms with E-state index in [1.165, 1.54) is 12.1 Å². The predicted molar refractivity (Wildman–Crippen MR) is 95.3 cm³/mol. The lowest BCUT2D eigenvalue weighted by molar-refractivity contribution is -0.137. The van der Waals surface area contributed by atoms with Crippen LogP contribution in [-0.4, -0.2) is 30.4 Å². The lowest BCUT2D eigenvalue weighted by Crippen LogP contribution is -2.32. The highest BCUT2D eigenvalue weighted by atomic mass is 19.4. The van der Waals surface area contributed by atoms with E-state index in [9.17, 15) is 13.2 Å². The zero-order chi connectivity index (χ0) is 18.4. The number of piperidine rings is 1. The largest absolute Gasteiger partial charge is 0.416 e. The molecule has 0 saturated carbocycles. The number of hydrogen-bond donors (Lipinski definition) is 1. The normalized spacial score (nSPS) is 17.7.